The molecule has 3 rings (SSSR count). The predicted octanol–water partition coefficient (Wildman–Crippen LogP) is 3.03. The van der Waals surface area contributed by atoms with Gasteiger partial charge in [0.25, 0.3) is 0 Å². The number of hydrogen-bond acceptors (Lipinski definition) is 7. The SMILES string of the molecule is CCCN1CCC(COC)COc2cc(F)cc(c2)CC(C(O)CNCc2cncc(CC)c2)NC(=O)CCC1=O. The van der Waals surface area contributed by atoms with Crippen LogP contribution in [0.15, 0.2) is 36.7 Å². The van der Waals surface area contributed by atoms with E-state index < -0.39 is 18.0 Å². The van der Waals surface area contributed by atoms with Gasteiger partial charge in [-0.05, 0) is 54.5 Å². The Morgan fingerprint density at radius 1 is 1.20 bits per heavy atom. The van der Waals surface area contributed by atoms with Crippen LogP contribution in [-0.2, 0) is 33.7 Å². The molecule has 226 valence electrons. The first-order chi connectivity index (χ1) is 19.8. The number of aliphatic hydroxyl groups is 1. The number of nitrogens with zero attached hydrogens (tertiary/aromatic N) is 2. The summed E-state index contributed by atoms with van der Waals surface area (Å²) in [5, 5.41) is 17.2. The van der Waals surface area contributed by atoms with Crippen molar-refractivity contribution in [2.45, 2.75) is 71.1 Å². The largest absolute Gasteiger partial charge is 0.493 e. The molecule has 1 aromatic carbocycles. The maximum atomic E-state index is 14.6. The topological polar surface area (TPSA) is 113 Å². The van der Waals surface area contributed by atoms with Gasteiger partial charge < -0.3 is 30.1 Å². The van der Waals surface area contributed by atoms with Crippen molar-refractivity contribution in [2.75, 3.05) is 40.0 Å². The van der Waals surface area contributed by atoms with Crippen LogP contribution in [0.1, 0.15) is 56.2 Å². The van der Waals surface area contributed by atoms with Gasteiger partial charge in [0.2, 0.25) is 11.8 Å². The highest BCUT2D eigenvalue weighted by Gasteiger charge is 2.24. The Hall–Kier alpha value is -3.08. The van der Waals surface area contributed by atoms with Gasteiger partial charge >= 0.3 is 0 Å². The Morgan fingerprint density at radius 2 is 2.00 bits per heavy atom. The molecule has 0 fully saturated rings. The summed E-state index contributed by atoms with van der Waals surface area (Å²) in [6.45, 7) is 6.63. The van der Waals surface area contributed by atoms with Crippen molar-refractivity contribution in [3.63, 3.8) is 0 Å². The predicted molar refractivity (Wildman–Crippen MR) is 155 cm³/mol. The summed E-state index contributed by atoms with van der Waals surface area (Å²) >= 11 is 0. The van der Waals surface area contributed by atoms with E-state index in [4.69, 9.17) is 9.47 Å². The molecule has 3 N–H and O–H groups in total. The Balaban J connectivity index is 1.78. The zero-order valence-corrected chi connectivity index (χ0v) is 24.5. The minimum absolute atomic E-state index is 0.00365. The zero-order chi connectivity index (χ0) is 29.6. The first-order valence-corrected chi connectivity index (χ1v) is 14.6. The second-order valence-corrected chi connectivity index (χ2v) is 10.7. The Bertz CT molecular complexity index is 1120. The molecule has 41 heavy (non-hydrogen) atoms. The Labute approximate surface area is 242 Å². The molecule has 0 spiro atoms. The molecule has 3 unspecified atom stereocenters. The summed E-state index contributed by atoms with van der Waals surface area (Å²) in [5.41, 5.74) is 2.71. The molecule has 3 atom stereocenters. The minimum atomic E-state index is -0.967. The zero-order valence-electron chi connectivity index (χ0n) is 24.5. The maximum Gasteiger partial charge on any atom is 0.223 e. The molecule has 0 saturated heterocycles. The first kappa shape index (κ1) is 32.4. The lowest BCUT2D eigenvalue weighted by Crippen LogP contribution is -2.49. The van der Waals surface area contributed by atoms with Gasteiger partial charge in [-0.3, -0.25) is 14.6 Å². The molecular weight excluding hydrogens is 527 g/mol. The molecule has 0 saturated carbocycles. The van der Waals surface area contributed by atoms with Crippen molar-refractivity contribution in [3.8, 4) is 5.75 Å². The van der Waals surface area contributed by atoms with E-state index in [1.54, 1.807) is 24.3 Å². The lowest BCUT2D eigenvalue weighted by atomic mass is 10.00. The molecule has 2 bridgehead atoms. The number of pyridine rings is 1. The molecule has 2 amide bonds. The van der Waals surface area contributed by atoms with Crippen molar-refractivity contribution in [3.05, 3.63) is 59.2 Å². The normalized spacial score (nSPS) is 19.9. The van der Waals surface area contributed by atoms with Crippen molar-refractivity contribution in [1.82, 2.24) is 20.5 Å². The van der Waals surface area contributed by atoms with Crippen LogP contribution in [0.3, 0.4) is 0 Å². The number of benzene rings is 1. The molecule has 2 aromatic rings. The number of nitrogens with one attached hydrogen (secondary N) is 2. The fourth-order valence-electron chi connectivity index (χ4n) is 4.99. The van der Waals surface area contributed by atoms with Crippen molar-refractivity contribution in [1.29, 1.82) is 0 Å². The second-order valence-electron chi connectivity index (χ2n) is 10.7. The van der Waals surface area contributed by atoms with Crippen molar-refractivity contribution >= 4 is 11.8 Å². The lowest BCUT2D eigenvalue weighted by Gasteiger charge is -2.27. The third-order valence-corrected chi connectivity index (χ3v) is 7.25. The standard InChI is InChI=1S/C31H45FN4O5/c1-4-9-36-10-8-23(20-40-3)21-41-27-13-24(12-26(32)15-27)14-28(35-30(38)6-7-31(36)39)29(37)19-34-18-25-11-22(5-2)16-33-17-25/h11-13,15-17,23,28-29,34,37H,4-10,14,18-21H2,1-3H3,(H,35,38). The molecule has 1 aliphatic heterocycles. The highest BCUT2D eigenvalue weighted by Crippen LogP contribution is 2.21. The number of hydrogen-bond donors (Lipinski definition) is 3. The molecule has 0 aliphatic carbocycles. The minimum Gasteiger partial charge on any atom is -0.493 e. The van der Waals surface area contributed by atoms with Gasteiger partial charge in [-0.15, -0.1) is 0 Å². The van der Waals surface area contributed by atoms with Gasteiger partial charge in [-0.25, -0.2) is 4.39 Å². The molecule has 2 heterocycles. The number of aromatic nitrogens is 1. The number of amides is 2. The van der Waals surface area contributed by atoms with E-state index in [0.29, 0.717) is 50.6 Å². The van der Waals surface area contributed by atoms with E-state index in [-0.39, 0.29) is 43.5 Å². The second kappa shape index (κ2) is 17.0. The summed E-state index contributed by atoms with van der Waals surface area (Å²) in [4.78, 5) is 32.0. The number of carbonyl (C=O) groups excluding carboxylic acids is 2. The molecule has 0 radical (unpaired) electrons. The van der Waals surface area contributed by atoms with E-state index in [2.05, 4.69) is 28.6 Å². The number of carbonyl (C=O) groups is 2. The third-order valence-electron chi connectivity index (χ3n) is 7.25. The molecule has 1 aromatic heterocycles. The smallest absolute Gasteiger partial charge is 0.223 e. The summed E-state index contributed by atoms with van der Waals surface area (Å²) in [6, 6.07) is 5.81. The fourth-order valence-corrected chi connectivity index (χ4v) is 4.99. The van der Waals surface area contributed by atoms with Gasteiger partial charge in [0.1, 0.15) is 11.6 Å². The van der Waals surface area contributed by atoms with Crippen LogP contribution >= 0.6 is 0 Å². The number of halogens is 1. The quantitative estimate of drug-likeness (QED) is 0.401. The molecule has 10 heteroatoms. The van der Waals surface area contributed by atoms with Crippen LogP contribution in [0.2, 0.25) is 0 Å². The van der Waals surface area contributed by atoms with Gasteiger partial charge in [0, 0.05) is 70.5 Å². The lowest BCUT2D eigenvalue weighted by molar-refractivity contribution is -0.134. The number of aryl methyl sites for hydroxylation is 1. The van der Waals surface area contributed by atoms with Gasteiger partial charge in [-0.2, -0.15) is 0 Å². The number of methoxy groups -OCH3 is 1. The average molecular weight is 573 g/mol. The molecule has 1 aliphatic rings. The van der Waals surface area contributed by atoms with Crippen LogP contribution in [-0.4, -0.2) is 78.9 Å². The maximum absolute atomic E-state index is 14.6. The number of rotatable bonds is 10. The highest BCUT2D eigenvalue weighted by atomic mass is 19.1. The summed E-state index contributed by atoms with van der Waals surface area (Å²) < 4.78 is 25.9. The summed E-state index contributed by atoms with van der Waals surface area (Å²) in [5.74, 6) is -0.502. The van der Waals surface area contributed by atoms with Gasteiger partial charge in [0.15, 0.2) is 0 Å². The van der Waals surface area contributed by atoms with Crippen LogP contribution in [0.4, 0.5) is 4.39 Å². The van der Waals surface area contributed by atoms with Crippen LogP contribution in [0.5, 0.6) is 5.75 Å². The number of fused-ring (bicyclic) bond motifs is 2. The molecular formula is C31H45FN4O5. The van der Waals surface area contributed by atoms with Crippen LogP contribution in [0.25, 0.3) is 0 Å². The highest BCUT2D eigenvalue weighted by molar-refractivity contribution is 5.84. The number of aliphatic hydroxyl groups excluding tert-OH is 1. The van der Waals surface area contributed by atoms with Gasteiger partial charge in [-0.1, -0.05) is 19.9 Å². The third kappa shape index (κ3) is 11.0. The van der Waals surface area contributed by atoms with E-state index in [1.165, 1.54) is 12.1 Å². The number of ether oxygens (including phenoxy) is 2. The van der Waals surface area contributed by atoms with Crippen LogP contribution < -0.4 is 15.4 Å². The average Bonchev–Trinajstić information content (AvgIpc) is 2.95. The molecule has 9 nitrogen and oxygen atoms in total. The van der Waals surface area contributed by atoms with E-state index in [9.17, 15) is 19.1 Å². The Kier molecular flexibility index (Phi) is 13.5. The van der Waals surface area contributed by atoms with Crippen LogP contribution in [0, 0.1) is 11.7 Å². The van der Waals surface area contributed by atoms with E-state index >= 15 is 0 Å². The fraction of sp³-hybridized carbons (Fsp3) is 0.581. The Morgan fingerprint density at radius 3 is 2.76 bits per heavy atom. The van der Waals surface area contributed by atoms with Gasteiger partial charge in [0.05, 0.1) is 25.4 Å². The van der Waals surface area contributed by atoms with E-state index in [1.807, 2.05) is 13.1 Å². The van der Waals surface area contributed by atoms with Crippen molar-refractivity contribution in [2.24, 2.45) is 5.92 Å². The van der Waals surface area contributed by atoms with E-state index in [0.717, 1.165) is 24.0 Å². The monoisotopic (exact) mass is 572 g/mol. The summed E-state index contributed by atoms with van der Waals surface area (Å²) in [7, 11) is 1.62. The summed E-state index contributed by atoms with van der Waals surface area (Å²) in [6.07, 6.45) is 5.24. The van der Waals surface area contributed by atoms with Crippen molar-refractivity contribution < 1.29 is 28.6 Å². The first-order valence-electron chi connectivity index (χ1n) is 14.6.